The van der Waals surface area contributed by atoms with Crippen molar-refractivity contribution in [2.75, 3.05) is 13.1 Å². The molecule has 2 aliphatic carbocycles. The highest BCUT2D eigenvalue weighted by Gasteiger charge is 2.61. The van der Waals surface area contributed by atoms with Crippen LogP contribution in [-0.2, 0) is 10.4 Å². The number of halogens is 1. The minimum absolute atomic E-state index is 0. The van der Waals surface area contributed by atoms with Crippen LogP contribution in [0, 0.1) is 17.3 Å². The van der Waals surface area contributed by atoms with Gasteiger partial charge in [0.15, 0.2) is 5.60 Å². The fourth-order valence-electron chi connectivity index (χ4n) is 4.84. The summed E-state index contributed by atoms with van der Waals surface area (Å²) in [5.74, 6) is 0.186. The second-order valence-corrected chi connectivity index (χ2v) is 7.83. The Labute approximate surface area is 155 Å². The van der Waals surface area contributed by atoms with Crippen molar-refractivity contribution < 1.29 is 9.90 Å². The van der Waals surface area contributed by atoms with Crippen molar-refractivity contribution in [3.05, 3.63) is 35.9 Å². The molecule has 5 N–H and O–H groups in total. The van der Waals surface area contributed by atoms with E-state index in [0.717, 1.165) is 45.2 Å². The lowest BCUT2D eigenvalue weighted by Crippen LogP contribution is -2.57. The molecular formula is C19H28ClN3O2. The van der Waals surface area contributed by atoms with E-state index in [1.807, 2.05) is 30.3 Å². The maximum absolute atomic E-state index is 13.1. The molecule has 1 aromatic rings. The number of amides is 1. The van der Waals surface area contributed by atoms with Crippen molar-refractivity contribution in [2.45, 2.75) is 43.9 Å². The van der Waals surface area contributed by atoms with Gasteiger partial charge in [0, 0.05) is 17.9 Å². The number of fused-ring (bicyclic) bond motifs is 1. The molecule has 1 aromatic carbocycles. The number of hydrogen-bond donors (Lipinski definition) is 4. The molecule has 0 aromatic heterocycles. The van der Waals surface area contributed by atoms with Gasteiger partial charge in [-0.2, -0.15) is 0 Å². The summed E-state index contributed by atoms with van der Waals surface area (Å²) in [6.07, 6.45) is 4.55. The lowest BCUT2D eigenvalue weighted by atomic mass is 9.79. The Hall–Kier alpha value is -1.14. The van der Waals surface area contributed by atoms with Crippen LogP contribution in [0.3, 0.4) is 0 Å². The van der Waals surface area contributed by atoms with Crippen LogP contribution in [0.2, 0.25) is 0 Å². The van der Waals surface area contributed by atoms with Gasteiger partial charge in [-0.1, -0.05) is 43.2 Å². The monoisotopic (exact) mass is 365 g/mol. The van der Waals surface area contributed by atoms with Crippen LogP contribution in [0.1, 0.15) is 37.7 Å². The van der Waals surface area contributed by atoms with Crippen molar-refractivity contribution in [3.8, 4) is 0 Å². The van der Waals surface area contributed by atoms with Crippen LogP contribution in [-0.4, -0.2) is 30.3 Å². The highest BCUT2D eigenvalue weighted by Crippen LogP contribution is 2.56. The molecule has 6 heteroatoms. The summed E-state index contributed by atoms with van der Waals surface area (Å²) in [7, 11) is 0. The first-order valence-electron chi connectivity index (χ1n) is 9.12. The van der Waals surface area contributed by atoms with Crippen LogP contribution < -0.4 is 16.4 Å². The number of hydrogen-bond acceptors (Lipinski definition) is 4. The summed E-state index contributed by atoms with van der Waals surface area (Å²) in [6, 6.07) is 9.34. The standard InChI is InChI=1S/C19H27N3O2.ClH/c20-16(18-10-15(18)11-21-12-18)22-17(23)19(24,14-8-4-5-9-14)13-6-2-1-3-7-13;/h1-3,6-7,14-16,21,24H,4-5,8-12,20H2,(H,22,23);1H. The van der Waals surface area contributed by atoms with Gasteiger partial charge in [0.1, 0.15) is 0 Å². The molecule has 1 heterocycles. The third-order valence-electron chi connectivity index (χ3n) is 6.54. The van der Waals surface area contributed by atoms with Gasteiger partial charge < -0.3 is 21.5 Å². The fourth-order valence-corrected chi connectivity index (χ4v) is 4.84. The SMILES string of the molecule is Cl.NC(NC(=O)C(O)(c1ccccc1)C1CCCC1)C12CNCC1C2. The number of rotatable bonds is 5. The van der Waals surface area contributed by atoms with E-state index in [-0.39, 0.29) is 29.6 Å². The van der Waals surface area contributed by atoms with Crippen LogP contribution in [0.4, 0.5) is 0 Å². The van der Waals surface area contributed by atoms with Gasteiger partial charge in [0.25, 0.3) is 5.91 Å². The highest BCUT2D eigenvalue weighted by molar-refractivity contribution is 5.87. The van der Waals surface area contributed by atoms with Gasteiger partial charge in [-0.05, 0) is 37.3 Å². The average Bonchev–Trinajstić information content (AvgIpc) is 2.99. The molecule has 3 fully saturated rings. The Bertz CT molecular complexity index is 622. The summed E-state index contributed by atoms with van der Waals surface area (Å²) in [5, 5.41) is 17.8. The van der Waals surface area contributed by atoms with Gasteiger partial charge in [-0.25, -0.2) is 0 Å². The fraction of sp³-hybridized carbons (Fsp3) is 0.632. The molecule has 2 saturated carbocycles. The predicted octanol–water partition coefficient (Wildman–Crippen LogP) is 1.50. The molecule has 3 aliphatic rings. The lowest BCUT2D eigenvalue weighted by Gasteiger charge is -2.35. The number of benzene rings is 1. The van der Waals surface area contributed by atoms with Crippen LogP contribution in [0.15, 0.2) is 30.3 Å². The van der Waals surface area contributed by atoms with Crippen LogP contribution >= 0.6 is 12.4 Å². The van der Waals surface area contributed by atoms with Crippen LogP contribution in [0.5, 0.6) is 0 Å². The van der Waals surface area contributed by atoms with Gasteiger partial charge in [-0.15, -0.1) is 12.4 Å². The van der Waals surface area contributed by atoms with E-state index in [2.05, 4.69) is 10.6 Å². The normalized spacial score (nSPS) is 31.5. The van der Waals surface area contributed by atoms with E-state index in [9.17, 15) is 9.90 Å². The molecule has 4 unspecified atom stereocenters. The number of carbonyl (C=O) groups is 1. The molecule has 5 nitrogen and oxygen atoms in total. The number of nitrogens with two attached hydrogens (primary N) is 1. The highest BCUT2D eigenvalue weighted by atomic mass is 35.5. The van der Waals surface area contributed by atoms with Crippen molar-refractivity contribution in [1.82, 2.24) is 10.6 Å². The largest absolute Gasteiger partial charge is 0.375 e. The zero-order chi connectivity index (χ0) is 16.8. The number of carbonyl (C=O) groups excluding carboxylic acids is 1. The first-order valence-corrected chi connectivity index (χ1v) is 9.12. The summed E-state index contributed by atoms with van der Waals surface area (Å²) in [5.41, 5.74) is 5.53. The van der Waals surface area contributed by atoms with Crippen molar-refractivity contribution in [2.24, 2.45) is 23.0 Å². The molecule has 1 aliphatic heterocycles. The topological polar surface area (TPSA) is 87.4 Å². The van der Waals surface area contributed by atoms with E-state index < -0.39 is 11.8 Å². The molecule has 4 atom stereocenters. The molecule has 0 bridgehead atoms. The average molecular weight is 366 g/mol. The van der Waals surface area contributed by atoms with E-state index in [4.69, 9.17) is 5.73 Å². The smallest absolute Gasteiger partial charge is 0.258 e. The number of piperidine rings is 1. The third-order valence-corrected chi connectivity index (χ3v) is 6.54. The van der Waals surface area contributed by atoms with Crippen molar-refractivity contribution in [1.29, 1.82) is 0 Å². The predicted molar refractivity (Wildman–Crippen MR) is 99.1 cm³/mol. The lowest BCUT2D eigenvalue weighted by molar-refractivity contribution is -0.148. The molecular weight excluding hydrogens is 338 g/mol. The summed E-state index contributed by atoms with van der Waals surface area (Å²) in [4.78, 5) is 13.1. The van der Waals surface area contributed by atoms with E-state index in [1.54, 1.807) is 0 Å². The summed E-state index contributed by atoms with van der Waals surface area (Å²) < 4.78 is 0. The molecule has 25 heavy (non-hydrogen) atoms. The zero-order valence-corrected chi connectivity index (χ0v) is 15.2. The van der Waals surface area contributed by atoms with E-state index in [1.165, 1.54) is 0 Å². The molecule has 1 saturated heterocycles. The quantitative estimate of drug-likeness (QED) is 0.595. The zero-order valence-electron chi connectivity index (χ0n) is 14.4. The first kappa shape index (κ1) is 18.6. The van der Waals surface area contributed by atoms with Gasteiger partial charge in [-0.3, -0.25) is 4.79 Å². The number of aliphatic hydroxyl groups is 1. The molecule has 138 valence electrons. The van der Waals surface area contributed by atoms with Crippen molar-refractivity contribution >= 4 is 18.3 Å². The van der Waals surface area contributed by atoms with Gasteiger partial charge in [0.2, 0.25) is 0 Å². The Balaban J connectivity index is 0.00000182. The molecule has 1 amide bonds. The Morgan fingerprint density at radius 2 is 2.00 bits per heavy atom. The number of nitrogens with one attached hydrogen (secondary N) is 2. The molecule has 0 spiro atoms. The van der Waals surface area contributed by atoms with E-state index in [0.29, 0.717) is 11.5 Å². The van der Waals surface area contributed by atoms with Crippen molar-refractivity contribution in [3.63, 3.8) is 0 Å². The Morgan fingerprint density at radius 3 is 2.56 bits per heavy atom. The Morgan fingerprint density at radius 1 is 1.32 bits per heavy atom. The van der Waals surface area contributed by atoms with Gasteiger partial charge in [0.05, 0.1) is 6.17 Å². The summed E-state index contributed by atoms with van der Waals surface area (Å²) in [6.45, 7) is 1.83. The summed E-state index contributed by atoms with van der Waals surface area (Å²) >= 11 is 0. The maximum atomic E-state index is 13.1. The minimum atomic E-state index is -1.48. The molecule has 4 rings (SSSR count). The molecule has 0 radical (unpaired) electrons. The second kappa shape index (κ2) is 6.88. The first-order chi connectivity index (χ1) is 11.6. The van der Waals surface area contributed by atoms with E-state index >= 15 is 0 Å². The second-order valence-electron chi connectivity index (χ2n) is 7.83. The third kappa shape index (κ3) is 2.97. The Kier molecular flexibility index (Phi) is 5.13. The maximum Gasteiger partial charge on any atom is 0.258 e. The minimum Gasteiger partial charge on any atom is -0.375 e. The van der Waals surface area contributed by atoms with Crippen LogP contribution in [0.25, 0.3) is 0 Å². The van der Waals surface area contributed by atoms with Gasteiger partial charge >= 0.3 is 0 Å².